The van der Waals surface area contributed by atoms with Crippen LogP contribution in [-0.2, 0) is 5.41 Å². The summed E-state index contributed by atoms with van der Waals surface area (Å²) in [7, 11) is 0. The van der Waals surface area contributed by atoms with Gasteiger partial charge < -0.3 is 19.6 Å². The topological polar surface area (TPSA) is 39.2 Å². The molecule has 1 saturated heterocycles. The lowest BCUT2D eigenvalue weighted by Crippen LogP contribution is -2.46. The maximum absolute atomic E-state index is 9.76. The highest BCUT2D eigenvalue weighted by atomic mass is 32.1. The van der Waals surface area contributed by atoms with E-state index >= 15 is 0 Å². The molecule has 2 aliphatic heterocycles. The van der Waals surface area contributed by atoms with Gasteiger partial charge in [0.25, 0.3) is 0 Å². The number of unbranched alkanes of at least 4 members (excludes halogenated alkanes) is 1. The number of piperazine rings is 1. The molecular formula is C28H37N3O2S. The van der Waals surface area contributed by atoms with Gasteiger partial charge >= 0.3 is 0 Å². The molecule has 0 atom stereocenters. The van der Waals surface area contributed by atoms with Crippen molar-refractivity contribution in [2.24, 2.45) is 0 Å². The number of fused-ring (bicyclic) bond motifs is 2. The number of ether oxygens (including phenoxy) is 1. The van der Waals surface area contributed by atoms with Crippen molar-refractivity contribution in [3.05, 3.63) is 53.4 Å². The maximum Gasteiger partial charge on any atom is 0.121 e. The van der Waals surface area contributed by atoms with Gasteiger partial charge in [-0.2, -0.15) is 0 Å². The van der Waals surface area contributed by atoms with Crippen LogP contribution in [0, 0.1) is 0 Å². The quantitative estimate of drug-likeness (QED) is 0.443. The summed E-state index contributed by atoms with van der Waals surface area (Å²) in [4.78, 5) is 7.18. The van der Waals surface area contributed by atoms with Crippen molar-refractivity contribution < 1.29 is 9.84 Å². The molecule has 0 unspecified atom stereocenters. The molecule has 34 heavy (non-hydrogen) atoms. The second kappa shape index (κ2) is 10.1. The molecule has 5 nitrogen and oxygen atoms in total. The minimum Gasteiger partial charge on any atom is -0.494 e. The predicted molar refractivity (Wildman–Crippen MR) is 144 cm³/mol. The van der Waals surface area contributed by atoms with Gasteiger partial charge in [-0.3, -0.25) is 4.90 Å². The van der Waals surface area contributed by atoms with E-state index < -0.39 is 0 Å². The number of anilines is 2. The average Bonchev–Trinajstić information content (AvgIpc) is 3.33. The lowest BCUT2D eigenvalue weighted by molar-refractivity contribution is 0.238. The number of benzene rings is 2. The molecule has 3 heterocycles. The number of thiophene rings is 1. The van der Waals surface area contributed by atoms with Gasteiger partial charge in [0, 0.05) is 60.3 Å². The first-order chi connectivity index (χ1) is 16.5. The Morgan fingerprint density at radius 2 is 1.82 bits per heavy atom. The first-order valence-corrected chi connectivity index (χ1v) is 13.5. The maximum atomic E-state index is 9.76. The smallest absolute Gasteiger partial charge is 0.121 e. The Bertz CT molecular complexity index is 1100. The second-order valence-electron chi connectivity index (χ2n) is 10.2. The molecule has 0 aliphatic carbocycles. The molecule has 5 rings (SSSR count). The van der Waals surface area contributed by atoms with Crippen LogP contribution in [-0.4, -0.2) is 62.6 Å². The summed E-state index contributed by atoms with van der Waals surface area (Å²) in [6.45, 7) is 11.8. The van der Waals surface area contributed by atoms with Gasteiger partial charge in [0.2, 0.25) is 0 Å². The van der Waals surface area contributed by atoms with E-state index in [1.165, 1.54) is 21.3 Å². The van der Waals surface area contributed by atoms with Gasteiger partial charge in [0.05, 0.1) is 6.61 Å². The lowest BCUT2D eigenvalue weighted by atomic mass is 9.78. The molecule has 6 heteroatoms. The molecule has 0 bridgehead atoms. The van der Waals surface area contributed by atoms with Crippen molar-refractivity contribution in [3.63, 3.8) is 0 Å². The van der Waals surface area contributed by atoms with E-state index in [0.717, 1.165) is 76.6 Å². The summed E-state index contributed by atoms with van der Waals surface area (Å²) < 4.78 is 7.48. The molecule has 0 spiro atoms. The highest BCUT2D eigenvalue weighted by Crippen LogP contribution is 2.41. The largest absolute Gasteiger partial charge is 0.494 e. The third-order valence-corrected chi connectivity index (χ3v) is 8.42. The van der Waals surface area contributed by atoms with E-state index in [1.54, 1.807) is 0 Å². The van der Waals surface area contributed by atoms with E-state index in [2.05, 4.69) is 71.5 Å². The molecule has 0 radical (unpaired) electrons. The number of aliphatic hydroxyl groups is 1. The second-order valence-corrected chi connectivity index (χ2v) is 11.2. The fourth-order valence-corrected chi connectivity index (χ4v) is 6.15. The molecule has 2 aliphatic rings. The average molecular weight is 480 g/mol. The van der Waals surface area contributed by atoms with Gasteiger partial charge in [0.15, 0.2) is 0 Å². The minimum atomic E-state index is 0.0577. The first kappa shape index (κ1) is 23.5. The monoisotopic (exact) mass is 479 g/mol. The number of hydrogen-bond acceptors (Lipinski definition) is 6. The van der Waals surface area contributed by atoms with Crippen LogP contribution in [0.2, 0.25) is 0 Å². The van der Waals surface area contributed by atoms with Gasteiger partial charge in [-0.15, -0.1) is 11.3 Å². The lowest BCUT2D eigenvalue weighted by Gasteiger charge is -2.39. The molecule has 0 saturated carbocycles. The zero-order chi connectivity index (χ0) is 23.5. The Labute approximate surface area is 207 Å². The van der Waals surface area contributed by atoms with Crippen molar-refractivity contribution in [2.75, 3.05) is 62.4 Å². The van der Waals surface area contributed by atoms with Crippen molar-refractivity contribution in [1.82, 2.24) is 4.90 Å². The summed E-state index contributed by atoms with van der Waals surface area (Å²) in [5.41, 5.74) is 3.95. The molecule has 182 valence electrons. The van der Waals surface area contributed by atoms with E-state index in [1.807, 2.05) is 16.2 Å². The van der Waals surface area contributed by atoms with Crippen LogP contribution in [0.3, 0.4) is 0 Å². The molecule has 3 aromatic rings. The Hall–Kier alpha value is -2.28. The molecular weight excluding hydrogens is 442 g/mol. The summed E-state index contributed by atoms with van der Waals surface area (Å²) >= 11 is 1.83. The van der Waals surface area contributed by atoms with Gasteiger partial charge in [-0.05, 0) is 66.4 Å². The van der Waals surface area contributed by atoms with Crippen molar-refractivity contribution in [1.29, 1.82) is 0 Å². The van der Waals surface area contributed by atoms with Crippen LogP contribution in [0.15, 0.2) is 47.8 Å². The third-order valence-electron chi connectivity index (χ3n) is 7.54. The van der Waals surface area contributed by atoms with Crippen LogP contribution in [0.4, 0.5) is 11.4 Å². The van der Waals surface area contributed by atoms with Gasteiger partial charge in [0.1, 0.15) is 12.5 Å². The highest BCUT2D eigenvalue weighted by Gasteiger charge is 2.31. The molecule has 2 aromatic carbocycles. The predicted octanol–water partition coefficient (Wildman–Crippen LogP) is 5.32. The van der Waals surface area contributed by atoms with Crippen LogP contribution in [0.1, 0.15) is 38.7 Å². The van der Waals surface area contributed by atoms with Gasteiger partial charge in [-0.1, -0.05) is 26.0 Å². The van der Waals surface area contributed by atoms with E-state index in [4.69, 9.17) is 4.74 Å². The third kappa shape index (κ3) is 4.90. The minimum absolute atomic E-state index is 0.0577. The number of aliphatic hydroxyl groups excluding tert-OH is 1. The molecule has 1 fully saturated rings. The molecule has 1 N–H and O–H groups in total. The Kier molecular flexibility index (Phi) is 7.00. The Morgan fingerprint density at radius 1 is 0.971 bits per heavy atom. The molecule has 0 amide bonds. The Morgan fingerprint density at radius 3 is 2.65 bits per heavy atom. The standard InChI is InChI=1S/C28H37N3O2S/c1-28(2)11-13-31(21-32)26-20-22(8-9-24(26)28)33-18-4-3-12-29-14-16-30(17-15-29)25-6-5-7-27-23(25)10-19-34-27/h5-10,19-20,32H,3-4,11-18,21H2,1-2H3. The normalized spacial score (nSPS) is 18.3. The summed E-state index contributed by atoms with van der Waals surface area (Å²) in [6, 6.07) is 15.3. The van der Waals surface area contributed by atoms with Crippen molar-refractivity contribution >= 4 is 32.8 Å². The molecule has 1 aromatic heterocycles. The van der Waals surface area contributed by atoms with E-state index in [0.29, 0.717) is 0 Å². The zero-order valence-corrected chi connectivity index (χ0v) is 21.3. The number of rotatable bonds is 8. The Balaban J connectivity index is 1.06. The zero-order valence-electron chi connectivity index (χ0n) is 20.5. The van der Waals surface area contributed by atoms with E-state index in [9.17, 15) is 5.11 Å². The summed E-state index contributed by atoms with van der Waals surface area (Å²) in [5, 5.41) is 13.4. The van der Waals surface area contributed by atoms with Crippen LogP contribution >= 0.6 is 11.3 Å². The summed E-state index contributed by atoms with van der Waals surface area (Å²) in [6.07, 6.45) is 3.26. The number of hydrogen-bond donors (Lipinski definition) is 1. The number of nitrogens with zero attached hydrogens (tertiary/aromatic N) is 3. The SMILES string of the molecule is CC1(C)CCN(CO)c2cc(OCCCCN3CCN(c4cccc5sccc45)CC3)ccc21. The van der Waals surface area contributed by atoms with Crippen LogP contribution < -0.4 is 14.5 Å². The fraction of sp³-hybridized carbons (Fsp3) is 0.500. The first-order valence-electron chi connectivity index (χ1n) is 12.6. The summed E-state index contributed by atoms with van der Waals surface area (Å²) in [5.74, 6) is 0.908. The van der Waals surface area contributed by atoms with E-state index in [-0.39, 0.29) is 12.1 Å². The fourth-order valence-electron chi connectivity index (χ4n) is 5.35. The van der Waals surface area contributed by atoms with Crippen molar-refractivity contribution in [2.45, 2.75) is 38.5 Å². The van der Waals surface area contributed by atoms with Crippen LogP contribution in [0.25, 0.3) is 10.1 Å². The van der Waals surface area contributed by atoms with Crippen molar-refractivity contribution in [3.8, 4) is 5.75 Å². The van der Waals surface area contributed by atoms with Crippen LogP contribution in [0.5, 0.6) is 5.75 Å². The van der Waals surface area contributed by atoms with Gasteiger partial charge in [-0.25, -0.2) is 0 Å². The highest BCUT2D eigenvalue weighted by molar-refractivity contribution is 7.17.